The third-order valence-corrected chi connectivity index (χ3v) is 4.48. The molecule has 0 aromatic carbocycles. The Labute approximate surface area is 108 Å². The van der Waals surface area contributed by atoms with Gasteiger partial charge in [-0.2, -0.15) is 8.42 Å². The van der Waals surface area contributed by atoms with Gasteiger partial charge in [-0.1, -0.05) is 26.2 Å². The van der Waals surface area contributed by atoms with Crippen LogP contribution in [0.15, 0.2) is 0 Å². The Kier molecular flexibility index (Phi) is 10.2. The molecule has 0 bridgehead atoms. The SMILES string of the molecule is CCCCCC(CO)CNCCSS(=O)(=O)O. The van der Waals surface area contributed by atoms with Gasteiger partial charge in [-0.15, -0.1) is 0 Å². The molecule has 0 saturated heterocycles. The predicted octanol–water partition coefficient (Wildman–Crippen LogP) is 1.30. The summed E-state index contributed by atoms with van der Waals surface area (Å²) in [7, 11) is -3.40. The van der Waals surface area contributed by atoms with Crippen molar-refractivity contribution >= 4 is 19.9 Å². The summed E-state index contributed by atoms with van der Waals surface area (Å²) in [6, 6.07) is 0. The number of aliphatic hydroxyl groups is 1. The van der Waals surface area contributed by atoms with E-state index in [1.807, 2.05) is 0 Å². The molecule has 5 nitrogen and oxygen atoms in total. The van der Waals surface area contributed by atoms with Crippen molar-refractivity contribution in [2.45, 2.75) is 32.6 Å². The number of hydrogen-bond donors (Lipinski definition) is 3. The summed E-state index contributed by atoms with van der Waals surface area (Å²) in [5.74, 6) is 0.545. The lowest BCUT2D eigenvalue weighted by Crippen LogP contribution is -2.27. The van der Waals surface area contributed by atoms with Crippen molar-refractivity contribution in [2.75, 3.05) is 25.4 Å². The van der Waals surface area contributed by atoms with Crippen molar-refractivity contribution in [2.24, 2.45) is 5.92 Å². The van der Waals surface area contributed by atoms with Crippen LogP contribution in [-0.2, 0) is 9.15 Å². The summed E-state index contributed by atoms with van der Waals surface area (Å²) < 4.78 is 29.3. The van der Waals surface area contributed by atoms with E-state index in [-0.39, 0.29) is 12.5 Å². The normalized spacial score (nSPS) is 13.8. The fourth-order valence-electron chi connectivity index (χ4n) is 1.47. The number of nitrogens with one attached hydrogen (secondary N) is 1. The fraction of sp³-hybridized carbons (Fsp3) is 1.00. The zero-order valence-electron chi connectivity index (χ0n) is 10.3. The minimum Gasteiger partial charge on any atom is -0.396 e. The molecule has 0 aliphatic carbocycles. The van der Waals surface area contributed by atoms with E-state index in [0.29, 0.717) is 29.6 Å². The maximum Gasteiger partial charge on any atom is 0.319 e. The minimum absolute atomic E-state index is 0.155. The van der Waals surface area contributed by atoms with Gasteiger partial charge in [0.1, 0.15) is 0 Å². The summed E-state index contributed by atoms with van der Waals surface area (Å²) in [5, 5.41) is 12.2. The summed E-state index contributed by atoms with van der Waals surface area (Å²) in [6.45, 7) is 3.49. The Hall–Kier alpha value is 0.180. The zero-order valence-corrected chi connectivity index (χ0v) is 11.9. The van der Waals surface area contributed by atoms with Crippen LogP contribution in [0.3, 0.4) is 0 Å². The van der Waals surface area contributed by atoms with Gasteiger partial charge in [0.2, 0.25) is 0 Å². The monoisotopic (exact) mass is 285 g/mol. The van der Waals surface area contributed by atoms with E-state index in [1.165, 1.54) is 6.42 Å². The largest absolute Gasteiger partial charge is 0.396 e. The number of rotatable bonds is 11. The van der Waals surface area contributed by atoms with Crippen LogP contribution in [0, 0.1) is 5.92 Å². The van der Waals surface area contributed by atoms with Crippen molar-refractivity contribution in [3.8, 4) is 0 Å². The molecule has 0 saturated carbocycles. The first kappa shape index (κ1) is 17.2. The molecule has 1 unspecified atom stereocenters. The van der Waals surface area contributed by atoms with Gasteiger partial charge in [-0.25, -0.2) is 0 Å². The van der Waals surface area contributed by atoms with Gasteiger partial charge >= 0.3 is 9.15 Å². The topological polar surface area (TPSA) is 86.6 Å². The molecule has 0 aliphatic rings. The number of unbranched alkanes of at least 4 members (excludes halogenated alkanes) is 2. The van der Waals surface area contributed by atoms with Gasteiger partial charge in [-0.3, -0.25) is 4.55 Å². The molecular formula is C10H23NO4S2. The molecule has 17 heavy (non-hydrogen) atoms. The highest BCUT2D eigenvalue weighted by molar-refractivity contribution is 8.69. The summed E-state index contributed by atoms with van der Waals surface area (Å²) in [5.41, 5.74) is 0. The lowest BCUT2D eigenvalue weighted by Gasteiger charge is -2.14. The molecule has 0 aliphatic heterocycles. The Morgan fingerprint density at radius 2 is 2.06 bits per heavy atom. The van der Waals surface area contributed by atoms with Crippen molar-refractivity contribution < 1.29 is 18.1 Å². The quantitative estimate of drug-likeness (QED) is 0.301. The third kappa shape index (κ3) is 12.4. The van der Waals surface area contributed by atoms with E-state index in [9.17, 15) is 8.42 Å². The summed E-state index contributed by atoms with van der Waals surface area (Å²) in [6.07, 6.45) is 4.44. The molecule has 0 fully saturated rings. The molecule has 0 radical (unpaired) electrons. The van der Waals surface area contributed by atoms with Crippen LogP contribution in [0.1, 0.15) is 32.6 Å². The van der Waals surface area contributed by atoms with Crippen molar-refractivity contribution in [1.29, 1.82) is 0 Å². The third-order valence-electron chi connectivity index (χ3n) is 2.42. The molecule has 7 heteroatoms. The minimum atomic E-state index is -3.92. The van der Waals surface area contributed by atoms with Crippen molar-refractivity contribution in [3.63, 3.8) is 0 Å². The molecule has 0 amide bonds. The standard InChI is InChI=1S/C10H23NO4S2/c1-2-3-4-5-10(9-12)8-11-6-7-16-17(13,14)15/h10-12H,2-9H2,1H3,(H,13,14,15). The second-order valence-electron chi connectivity index (χ2n) is 4.00. The highest BCUT2D eigenvalue weighted by atomic mass is 33.1. The zero-order chi connectivity index (χ0) is 13.1. The van der Waals surface area contributed by atoms with Gasteiger partial charge in [-0.05, 0) is 23.1 Å². The molecule has 0 rings (SSSR count). The highest BCUT2D eigenvalue weighted by Gasteiger charge is 2.07. The van der Waals surface area contributed by atoms with Crippen molar-refractivity contribution in [3.05, 3.63) is 0 Å². The van der Waals surface area contributed by atoms with E-state index >= 15 is 0 Å². The highest BCUT2D eigenvalue weighted by Crippen LogP contribution is 2.09. The van der Waals surface area contributed by atoms with Gasteiger partial charge in [0.05, 0.1) is 0 Å². The molecule has 104 valence electrons. The molecule has 3 N–H and O–H groups in total. The smallest absolute Gasteiger partial charge is 0.319 e. The predicted molar refractivity (Wildman–Crippen MR) is 71.6 cm³/mol. The second kappa shape index (κ2) is 10.1. The first-order chi connectivity index (χ1) is 7.99. The lowest BCUT2D eigenvalue weighted by atomic mass is 10.0. The first-order valence-corrected chi connectivity index (χ1v) is 8.87. The Morgan fingerprint density at radius 1 is 1.35 bits per heavy atom. The first-order valence-electron chi connectivity index (χ1n) is 5.93. The summed E-state index contributed by atoms with van der Waals surface area (Å²) >= 11 is 0. The van der Waals surface area contributed by atoms with E-state index in [2.05, 4.69) is 12.2 Å². The van der Waals surface area contributed by atoms with E-state index in [0.717, 1.165) is 19.3 Å². The lowest BCUT2D eigenvalue weighted by molar-refractivity contribution is 0.212. The molecule has 0 heterocycles. The van der Waals surface area contributed by atoms with Crippen molar-refractivity contribution in [1.82, 2.24) is 5.32 Å². The van der Waals surface area contributed by atoms with E-state index < -0.39 is 9.15 Å². The fourth-order valence-corrected chi connectivity index (χ4v) is 2.79. The van der Waals surface area contributed by atoms with E-state index in [4.69, 9.17) is 9.66 Å². The van der Waals surface area contributed by atoms with Crippen LogP contribution < -0.4 is 5.32 Å². The van der Waals surface area contributed by atoms with Crippen LogP contribution in [0.25, 0.3) is 0 Å². The maximum atomic E-state index is 10.4. The molecule has 0 spiro atoms. The average molecular weight is 285 g/mol. The van der Waals surface area contributed by atoms with Gasteiger partial charge in [0.25, 0.3) is 0 Å². The number of aliphatic hydroxyl groups excluding tert-OH is 1. The summed E-state index contributed by atoms with van der Waals surface area (Å²) in [4.78, 5) is 0. The maximum absolute atomic E-state index is 10.4. The molecule has 0 aromatic heterocycles. The second-order valence-corrected chi connectivity index (χ2v) is 7.47. The Morgan fingerprint density at radius 3 is 2.59 bits per heavy atom. The van der Waals surface area contributed by atoms with Gasteiger partial charge < -0.3 is 10.4 Å². The van der Waals surface area contributed by atoms with Crippen LogP contribution in [0.4, 0.5) is 0 Å². The van der Waals surface area contributed by atoms with Crippen LogP contribution in [0.2, 0.25) is 0 Å². The van der Waals surface area contributed by atoms with Gasteiger partial charge in [0.15, 0.2) is 0 Å². The molecular weight excluding hydrogens is 262 g/mol. The van der Waals surface area contributed by atoms with Crippen LogP contribution >= 0.6 is 10.8 Å². The Balaban J connectivity index is 3.49. The number of hydrogen-bond acceptors (Lipinski definition) is 5. The molecule has 0 aromatic rings. The van der Waals surface area contributed by atoms with E-state index in [1.54, 1.807) is 0 Å². The van der Waals surface area contributed by atoms with Gasteiger partial charge in [0, 0.05) is 25.4 Å². The Bertz CT molecular complexity index is 269. The average Bonchev–Trinajstić information content (AvgIpc) is 2.25. The van der Waals surface area contributed by atoms with Crippen LogP contribution in [0.5, 0.6) is 0 Å². The van der Waals surface area contributed by atoms with Crippen LogP contribution in [-0.4, -0.2) is 43.5 Å². The molecule has 1 atom stereocenters.